The summed E-state index contributed by atoms with van der Waals surface area (Å²) in [5, 5.41) is 7.05. The van der Waals surface area contributed by atoms with Crippen molar-refractivity contribution in [3.8, 4) is 0 Å². The molecule has 0 amide bonds. The summed E-state index contributed by atoms with van der Waals surface area (Å²) in [6, 6.07) is 8.60. The zero-order valence-electron chi connectivity index (χ0n) is 18.4. The van der Waals surface area contributed by atoms with Crippen LogP contribution in [0.3, 0.4) is 0 Å². The van der Waals surface area contributed by atoms with Crippen molar-refractivity contribution in [2.75, 3.05) is 40.4 Å². The van der Waals surface area contributed by atoms with Crippen LogP contribution in [-0.4, -0.2) is 51.3 Å². The van der Waals surface area contributed by atoms with Gasteiger partial charge in [-0.05, 0) is 63.7 Å². The van der Waals surface area contributed by atoms with Gasteiger partial charge in [0.05, 0.1) is 6.54 Å². The van der Waals surface area contributed by atoms with Crippen LogP contribution < -0.4 is 10.6 Å². The molecule has 0 unspecified atom stereocenters. The van der Waals surface area contributed by atoms with E-state index in [1.807, 2.05) is 0 Å². The third kappa shape index (κ3) is 7.44. The highest BCUT2D eigenvalue weighted by atomic mass is 16.5. The van der Waals surface area contributed by atoms with E-state index < -0.39 is 0 Å². The van der Waals surface area contributed by atoms with E-state index in [4.69, 9.17) is 9.73 Å². The van der Waals surface area contributed by atoms with Gasteiger partial charge in [0.1, 0.15) is 0 Å². The van der Waals surface area contributed by atoms with Gasteiger partial charge in [-0.1, -0.05) is 37.1 Å². The van der Waals surface area contributed by atoms with E-state index >= 15 is 0 Å². The molecule has 28 heavy (non-hydrogen) atoms. The maximum atomic E-state index is 5.65. The molecule has 1 fully saturated rings. The predicted octanol–water partition coefficient (Wildman–Crippen LogP) is 3.79. The van der Waals surface area contributed by atoms with Gasteiger partial charge in [-0.3, -0.25) is 0 Å². The van der Waals surface area contributed by atoms with Crippen LogP contribution in [0.1, 0.15) is 57.1 Å². The first-order chi connectivity index (χ1) is 13.6. The monoisotopic (exact) mass is 388 g/mol. The first kappa shape index (κ1) is 22.7. The van der Waals surface area contributed by atoms with Crippen molar-refractivity contribution in [1.82, 2.24) is 15.5 Å². The van der Waals surface area contributed by atoms with E-state index in [0.29, 0.717) is 12.0 Å². The number of hydrogen-bond donors (Lipinski definition) is 2. The molecular formula is C23H40N4O. The van der Waals surface area contributed by atoms with Crippen LogP contribution in [-0.2, 0) is 17.8 Å². The molecule has 5 nitrogen and oxygen atoms in total. The van der Waals surface area contributed by atoms with Crippen molar-refractivity contribution in [2.24, 2.45) is 10.4 Å². The molecule has 0 aliphatic heterocycles. The number of benzene rings is 1. The van der Waals surface area contributed by atoms with E-state index in [1.165, 1.54) is 36.8 Å². The number of rotatable bonds is 11. The van der Waals surface area contributed by atoms with Crippen LogP contribution >= 0.6 is 0 Å². The van der Waals surface area contributed by atoms with Gasteiger partial charge in [0, 0.05) is 32.8 Å². The van der Waals surface area contributed by atoms with E-state index in [2.05, 4.69) is 67.7 Å². The molecule has 1 aromatic carbocycles. The smallest absolute Gasteiger partial charge is 0.191 e. The summed E-state index contributed by atoms with van der Waals surface area (Å²) < 4.78 is 5.65. The normalized spacial score (nSPS) is 16.5. The van der Waals surface area contributed by atoms with Gasteiger partial charge >= 0.3 is 0 Å². The van der Waals surface area contributed by atoms with Crippen molar-refractivity contribution in [3.05, 3.63) is 35.4 Å². The van der Waals surface area contributed by atoms with Crippen molar-refractivity contribution in [2.45, 2.75) is 59.0 Å². The lowest BCUT2D eigenvalue weighted by Crippen LogP contribution is -2.43. The third-order valence-corrected chi connectivity index (χ3v) is 5.63. The Balaban J connectivity index is 2.00. The second kappa shape index (κ2) is 12.1. The molecule has 1 aliphatic rings. The van der Waals surface area contributed by atoms with Crippen molar-refractivity contribution in [3.63, 3.8) is 0 Å². The van der Waals surface area contributed by atoms with E-state index in [9.17, 15) is 0 Å². The Labute approximate surface area is 171 Å². The Kier molecular flexibility index (Phi) is 9.79. The third-order valence-electron chi connectivity index (χ3n) is 5.63. The molecule has 0 saturated heterocycles. The molecule has 1 aromatic rings. The van der Waals surface area contributed by atoms with Gasteiger partial charge < -0.3 is 20.3 Å². The number of hydrogen-bond acceptors (Lipinski definition) is 3. The first-order valence-corrected chi connectivity index (χ1v) is 10.9. The highest BCUT2D eigenvalue weighted by Crippen LogP contribution is 2.40. The summed E-state index contributed by atoms with van der Waals surface area (Å²) in [7, 11) is 4.21. The largest absolute Gasteiger partial charge is 0.382 e. The summed E-state index contributed by atoms with van der Waals surface area (Å²) >= 11 is 0. The molecule has 0 heterocycles. The molecular weight excluding hydrogens is 348 g/mol. The molecule has 0 radical (unpaired) electrons. The number of aliphatic imine (C=N–C) groups is 1. The Morgan fingerprint density at radius 3 is 2.46 bits per heavy atom. The fraction of sp³-hybridized carbons (Fsp3) is 0.696. The maximum Gasteiger partial charge on any atom is 0.191 e. The standard InChI is InChI=1S/C23H40N4O/c1-5-24-22(25-17-20-11-7-8-12-21(20)18-27(3)4)26-19-23(13-9-10-14-23)15-16-28-6-2/h7-8,11-12H,5-6,9-10,13-19H2,1-4H3,(H2,24,25,26). The van der Waals surface area contributed by atoms with Crippen LogP contribution in [0.15, 0.2) is 29.3 Å². The van der Waals surface area contributed by atoms with Crippen LogP contribution in [0.25, 0.3) is 0 Å². The lowest BCUT2D eigenvalue weighted by molar-refractivity contribution is 0.105. The van der Waals surface area contributed by atoms with Crippen molar-refractivity contribution >= 4 is 5.96 Å². The Morgan fingerprint density at radius 1 is 1.11 bits per heavy atom. The SMILES string of the molecule is CCNC(=NCc1ccccc1CN(C)C)NCC1(CCOCC)CCCC1. The van der Waals surface area contributed by atoms with Gasteiger partial charge in [-0.25, -0.2) is 4.99 Å². The Bertz CT molecular complexity index is 594. The fourth-order valence-electron chi connectivity index (χ4n) is 4.06. The first-order valence-electron chi connectivity index (χ1n) is 10.9. The maximum absolute atomic E-state index is 5.65. The number of nitrogens with zero attached hydrogens (tertiary/aromatic N) is 2. The molecule has 158 valence electrons. The van der Waals surface area contributed by atoms with Gasteiger partial charge in [0.2, 0.25) is 0 Å². The Hall–Kier alpha value is -1.59. The highest BCUT2D eigenvalue weighted by molar-refractivity contribution is 5.79. The van der Waals surface area contributed by atoms with Crippen LogP contribution in [0.4, 0.5) is 0 Å². The highest BCUT2D eigenvalue weighted by Gasteiger charge is 2.33. The molecule has 0 atom stereocenters. The topological polar surface area (TPSA) is 48.9 Å². The predicted molar refractivity (Wildman–Crippen MR) is 119 cm³/mol. The summed E-state index contributed by atoms with van der Waals surface area (Å²) in [5.74, 6) is 0.921. The molecule has 5 heteroatoms. The molecule has 1 saturated carbocycles. The fourth-order valence-corrected chi connectivity index (χ4v) is 4.06. The van der Waals surface area contributed by atoms with Crippen LogP contribution in [0, 0.1) is 5.41 Å². The second-order valence-electron chi connectivity index (χ2n) is 8.21. The second-order valence-corrected chi connectivity index (χ2v) is 8.21. The van der Waals surface area contributed by atoms with Gasteiger partial charge in [-0.2, -0.15) is 0 Å². The van der Waals surface area contributed by atoms with E-state index in [0.717, 1.165) is 45.2 Å². The molecule has 2 rings (SSSR count). The lowest BCUT2D eigenvalue weighted by atomic mass is 9.83. The average molecular weight is 389 g/mol. The summed E-state index contributed by atoms with van der Waals surface area (Å²) in [5.41, 5.74) is 2.99. The summed E-state index contributed by atoms with van der Waals surface area (Å²) in [6.45, 7) is 9.36. The zero-order valence-corrected chi connectivity index (χ0v) is 18.4. The Morgan fingerprint density at radius 2 is 1.82 bits per heavy atom. The summed E-state index contributed by atoms with van der Waals surface area (Å²) in [4.78, 5) is 7.09. The van der Waals surface area contributed by atoms with Gasteiger partial charge in [0.25, 0.3) is 0 Å². The number of nitrogens with one attached hydrogen (secondary N) is 2. The zero-order chi connectivity index (χ0) is 20.2. The van der Waals surface area contributed by atoms with Gasteiger partial charge in [-0.15, -0.1) is 0 Å². The molecule has 0 aromatic heterocycles. The van der Waals surface area contributed by atoms with Gasteiger partial charge in [0.15, 0.2) is 5.96 Å². The molecule has 0 bridgehead atoms. The van der Waals surface area contributed by atoms with E-state index in [1.54, 1.807) is 0 Å². The molecule has 0 spiro atoms. The minimum Gasteiger partial charge on any atom is -0.382 e. The summed E-state index contributed by atoms with van der Waals surface area (Å²) in [6.07, 6.45) is 6.38. The van der Waals surface area contributed by atoms with Crippen LogP contribution in [0.5, 0.6) is 0 Å². The minimum absolute atomic E-state index is 0.355. The van der Waals surface area contributed by atoms with Crippen LogP contribution in [0.2, 0.25) is 0 Å². The van der Waals surface area contributed by atoms with Crippen molar-refractivity contribution in [1.29, 1.82) is 0 Å². The number of ether oxygens (including phenoxy) is 1. The average Bonchev–Trinajstić information content (AvgIpc) is 3.14. The number of guanidine groups is 1. The van der Waals surface area contributed by atoms with Crippen molar-refractivity contribution < 1.29 is 4.74 Å². The lowest BCUT2D eigenvalue weighted by Gasteiger charge is -2.30. The van der Waals surface area contributed by atoms with E-state index in [-0.39, 0.29) is 0 Å². The molecule has 1 aliphatic carbocycles. The quantitative estimate of drug-likeness (QED) is 0.344. The minimum atomic E-state index is 0.355. The molecule has 2 N–H and O–H groups in total.